The van der Waals surface area contributed by atoms with Crippen LogP contribution in [0, 0.1) is 23.2 Å². The Labute approximate surface area is 179 Å². The third-order valence-corrected chi connectivity index (χ3v) is 8.36. The van der Waals surface area contributed by atoms with Gasteiger partial charge in [0.1, 0.15) is 6.10 Å². The molecule has 4 unspecified atom stereocenters. The molecule has 4 aliphatic carbocycles. The monoisotopic (exact) mass is 424 g/mol. The molecule has 2 amide bonds. The van der Waals surface area contributed by atoms with Gasteiger partial charge < -0.3 is 20.4 Å². The van der Waals surface area contributed by atoms with Gasteiger partial charge in [-0.2, -0.15) is 0 Å². The number of likely N-dealkylation sites (tertiary alicyclic amines) is 1. The van der Waals surface area contributed by atoms with Crippen molar-refractivity contribution in [2.75, 3.05) is 13.1 Å². The fraction of sp³-hybridized carbons (Fsp3) is 0.609. The molecule has 8 nitrogen and oxygen atoms in total. The van der Waals surface area contributed by atoms with Gasteiger partial charge in [-0.3, -0.25) is 9.36 Å². The summed E-state index contributed by atoms with van der Waals surface area (Å²) in [7, 11) is 0. The summed E-state index contributed by atoms with van der Waals surface area (Å²) in [6.45, 7) is 1.04. The molecule has 2 aromatic rings. The second-order valence-corrected chi connectivity index (χ2v) is 10.2. The lowest BCUT2D eigenvalue weighted by molar-refractivity contribution is -0.161. The first-order valence-electron chi connectivity index (χ1n) is 11.4. The Morgan fingerprint density at radius 1 is 1.13 bits per heavy atom. The van der Waals surface area contributed by atoms with E-state index in [0.29, 0.717) is 19.0 Å². The van der Waals surface area contributed by atoms with Gasteiger partial charge in [-0.05, 0) is 68.4 Å². The molecule has 4 saturated carbocycles. The van der Waals surface area contributed by atoms with E-state index >= 15 is 0 Å². The molecule has 6 atom stereocenters. The van der Waals surface area contributed by atoms with Crippen LogP contribution in [-0.2, 0) is 9.53 Å². The van der Waals surface area contributed by atoms with Gasteiger partial charge in [-0.25, -0.2) is 9.59 Å². The Balaban J connectivity index is 1.16. The zero-order chi connectivity index (χ0) is 21.3. The number of H-pyrrole nitrogens is 1. The number of primary amides is 1. The number of nitrogens with one attached hydrogen (secondary N) is 1. The lowest BCUT2D eigenvalue weighted by atomic mass is 9.48. The van der Waals surface area contributed by atoms with Crippen molar-refractivity contribution >= 4 is 23.0 Å². The van der Waals surface area contributed by atoms with E-state index in [1.54, 1.807) is 9.47 Å². The molecule has 3 N–H and O–H groups in total. The van der Waals surface area contributed by atoms with E-state index in [1.165, 1.54) is 0 Å². The largest absolute Gasteiger partial charge is 0.446 e. The number of nitrogens with two attached hydrogens (primary N) is 1. The average Bonchev–Trinajstić information content (AvgIpc) is 3.33. The first-order chi connectivity index (χ1) is 14.9. The summed E-state index contributed by atoms with van der Waals surface area (Å²) in [5, 5.41) is 0. The van der Waals surface area contributed by atoms with Crippen molar-refractivity contribution in [2.24, 2.45) is 28.9 Å². The summed E-state index contributed by atoms with van der Waals surface area (Å²) in [4.78, 5) is 42.3. The number of fused-ring (bicyclic) bond motifs is 1. The molecule has 1 saturated heterocycles. The second kappa shape index (κ2) is 6.61. The van der Waals surface area contributed by atoms with Crippen LogP contribution in [0.25, 0.3) is 11.0 Å². The summed E-state index contributed by atoms with van der Waals surface area (Å²) in [5.74, 6) is 0.822. The molecule has 8 heteroatoms. The molecular weight excluding hydrogens is 396 g/mol. The van der Waals surface area contributed by atoms with Crippen LogP contribution in [-0.4, -0.2) is 45.6 Å². The van der Waals surface area contributed by atoms with E-state index in [9.17, 15) is 14.4 Å². The predicted octanol–water partition coefficient (Wildman–Crippen LogP) is 2.39. The zero-order valence-electron chi connectivity index (χ0n) is 17.5. The van der Waals surface area contributed by atoms with Crippen molar-refractivity contribution in [1.29, 1.82) is 0 Å². The standard InChI is InChI=1S/C23H28N4O4/c24-20(28)23-9-13-7-14(10-23)19(15(8-13)11-23)31-22(30)26-6-5-16(12-26)27-18-4-2-1-3-17(18)25-21(27)29/h1-4,13-16,19H,5-12H2,(H2,24,28)(H,25,29)/t13?,14-,15?,16+,19?,23?/m0/s1. The molecule has 7 rings (SSSR count). The molecule has 5 aliphatic rings. The number of nitrogens with zero attached hydrogens (tertiary/aromatic N) is 2. The summed E-state index contributed by atoms with van der Waals surface area (Å²) < 4.78 is 7.82. The number of carbonyl (C=O) groups is 2. The minimum absolute atomic E-state index is 0.0622. The average molecular weight is 425 g/mol. The first-order valence-corrected chi connectivity index (χ1v) is 11.4. The number of para-hydroxylation sites is 2. The molecule has 1 aromatic heterocycles. The fourth-order valence-electron chi connectivity index (χ4n) is 7.22. The maximum Gasteiger partial charge on any atom is 0.410 e. The Hall–Kier alpha value is -2.77. The smallest absolute Gasteiger partial charge is 0.410 e. The van der Waals surface area contributed by atoms with E-state index < -0.39 is 0 Å². The lowest BCUT2D eigenvalue weighted by Gasteiger charge is -2.58. The highest BCUT2D eigenvalue weighted by Crippen LogP contribution is 2.60. The minimum atomic E-state index is -0.380. The molecule has 4 bridgehead atoms. The van der Waals surface area contributed by atoms with Crippen molar-refractivity contribution in [1.82, 2.24) is 14.5 Å². The number of rotatable bonds is 3. The summed E-state index contributed by atoms with van der Waals surface area (Å²) in [5.41, 5.74) is 6.92. The third-order valence-electron chi connectivity index (χ3n) is 8.36. The predicted molar refractivity (Wildman–Crippen MR) is 113 cm³/mol. The Morgan fingerprint density at radius 3 is 2.61 bits per heavy atom. The van der Waals surface area contributed by atoms with Crippen LogP contribution >= 0.6 is 0 Å². The van der Waals surface area contributed by atoms with Gasteiger partial charge in [0.05, 0.1) is 22.5 Å². The topological polar surface area (TPSA) is 110 Å². The number of benzene rings is 1. The van der Waals surface area contributed by atoms with Gasteiger partial charge in [0.2, 0.25) is 5.91 Å². The SMILES string of the molecule is NC(=O)C12CC3CC(C1)C(OC(=O)N1CC[C@@H](n4c(=O)[nH]c5ccccc54)C1)[C@@H](C3)C2. The van der Waals surface area contributed by atoms with Crippen molar-refractivity contribution in [3.05, 3.63) is 34.7 Å². The number of amides is 2. The van der Waals surface area contributed by atoms with E-state index in [1.807, 2.05) is 24.3 Å². The molecule has 0 radical (unpaired) electrons. The number of ether oxygens (including phenoxy) is 1. The first kappa shape index (κ1) is 19.0. The second-order valence-electron chi connectivity index (χ2n) is 10.2. The van der Waals surface area contributed by atoms with Gasteiger partial charge in [-0.15, -0.1) is 0 Å². The highest BCUT2D eigenvalue weighted by atomic mass is 16.6. The lowest BCUT2D eigenvalue weighted by Crippen LogP contribution is -2.59. The fourth-order valence-corrected chi connectivity index (χ4v) is 7.22. The van der Waals surface area contributed by atoms with Crippen LogP contribution in [0.1, 0.15) is 44.6 Å². The van der Waals surface area contributed by atoms with Crippen molar-refractivity contribution in [3.63, 3.8) is 0 Å². The highest BCUT2D eigenvalue weighted by molar-refractivity contribution is 5.81. The summed E-state index contributed by atoms with van der Waals surface area (Å²) in [6.07, 6.45) is 4.77. The summed E-state index contributed by atoms with van der Waals surface area (Å²) in [6, 6.07) is 7.57. The van der Waals surface area contributed by atoms with Gasteiger partial charge in [-0.1, -0.05) is 12.1 Å². The minimum Gasteiger partial charge on any atom is -0.446 e. The Kier molecular flexibility index (Phi) is 4.04. The third kappa shape index (κ3) is 2.83. The van der Waals surface area contributed by atoms with Gasteiger partial charge in [0.15, 0.2) is 0 Å². The molecule has 0 spiro atoms. The highest BCUT2D eigenvalue weighted by Gasteiger charge is 2.59. The van der Waals surface area contributed by atoms with Crippen LogP contribution in [0.3, 0.4) is 0 Å². The molecule has 1 aromatic carbocycles. The van der Waals surface area contributed by atoms with Crippen LogP contribution in [0.4, 0.5) is 4.79 Å². The Bertz CT molecular complexity index is 1100. The molecule has 1 aliphatic heterocycles. The van der Waals surface area contributed by atoms with Gasteiger partial charge >= 0.3 is 11.8 Å². The van der Waals surface area contributed by atoms with E-state index in [4.69, 9.17) is 10.5 Å². The van der Waals surface area contributed by atoms with Crippen LogP contribution in [0.15, 0.2) is 29.1 Å². The number of hydrogen-bond donors (Lipinski definition) is 2. The van der Waals surface area contributed by atoms with Crippen molar-refractivity contribution < 1.29 is 14.3 Å². The van der Waals surface area contributed by atoms with Crippen molar-refractivity contribution in [2.45, 2.75) is 50.7 Å². The zero-order valence-corrected chi connectivity index (χ0v) is 17.5. The number of aromatic nitrogens is 2. The van der Waals surface area contributed by atoms with Crippen LogP contribution in [0.5, 0.6) is 0 Å². The van der Waals surface area contributed by atoms with Crippen LogP contribution < -0.4 is 11.4 Å². The molecule has 5 fully saturated rings. The van der Waals surface area contributed by atoms with E-state index in [0.717, 1.165) is 49.6 Å². The van der Waals surface area contributed by atoms with E-state index in [2.05, 4.69) is 4.98 Å². The number of carbonyl (C=O) groups excluding carboxylic acids is 2. The van der Waals surface area contributed by atoms with Crippen LogP contribution in [0.2, 0.25) is 0 Å². The van der Waals surface area contributed by atoms with Gasteiger partial charge in [0, 0.05) is 13.1 Å². The molecule has 164 valence electrons. The van der Waals surface area contributed by atoms with Crippen molar-refractivity contribution in [3.8, 4) is 0 Å². The molecule has 31 heavy (non-hydrogen) atoms. The molecular formula is C23H28N4O4. The normalized spacial score (nSPS) is 36.3. The Morgan fingerprint density at radius 2 is 1.87 bits per heavy atom. The summed E-state index contributed by atoms with van der Waals surface area (Å²) >= 11 is 0. The van der Waals surface area contributed by atoms with Gasteiger partial charge in [0.25, 0.3) is 0 Å². The van der Waals surface area contributed by atoms with E-state index in [-0.39, 0.29) is 47.1 Å². The maximum absolute atomic E-state index is 13.0. The molecule has 2 heterocycles. The number of imidazole rings is 1. The maximum atomic E-state index is 13.0. The number of aromatic amines is 1. The number of hydrogen-bond acceptors (Lipinski definition) is 4. The quantitative estimate of drug-likeness (QED) is 0.788.